The highest BCUT2D eigenvalue weighted by molar-refractivity contribution is 6.33. The molecule has 2 amide bonds. The average molecular weight is 404 g/mol. The Morgan fingerprint density at radius 1 is 1.18 bits per heavy atom. The van der Waals surface area contributed by atoms with E-state index in [0.29, 0.717) is 10.7 Å². The number of anilines is 2. The summed E-state index contributed by atoms with van der Waals surface area (Å²) >= 11 is 5.82. The maximum atomic E-state index is 12.4. The van der Waals surface area contributed by atoms with Crippen molar-refractivity contribution < 1.29 is 19.1 Å². The van der Waals surface area contributed by atoms with E-state index in [1.54, 1.807) is 12.1 Å². The maximum absolute atomic E-state index is 12.4. The van der Waals surface area contributed by atoms with Gasteiger partial charge in [-0.05, 0) is 44.2 Å². The Kier molecular flexibility index (Phi) is 7.00. The number of hydrogen-bond donors (Lipinski definition) is 2. The molecule has 0 saturated carbocycles. The van der Waals surface area contributed by atoms with E-state index in [0.717, 1.165) is 5.56 Å². The second kappa shape index (κ2) is 9.23. The van der Waals surface area contributed by atoms with Gasteiger partial charge in [0.25, 0.3) is 5.91 Å². The normalized spacial score (nSPS) is 11.4. The summed E-state index contributed by atoms with van der Waals surface area (Å²) in [6, 6.07) is 11.6. The molecule has 2 rings (SSSR count). The first-order chi connectivity index (χ1) is 13.2. The number of likely N-dealkylation sites (N-methyl/N-ethyl adjacent to an activating group) is 1. The SMILES string of the molecule is Cc1ccc(NC(=O)CN(C)C(=O)[C@H](C)OC(=O)c2ccc(Cl)c(N)c2)cc1. The highest BCUT2D eigenvalue weighted by Crippen LogP contribution is 2.20. The third-order valence-corrected chi connectivity index (χ3v) is 4.30. The van der Waals surface area contributed by atoms with Crippen LogP contribution in [0.2, 0.25) is 5.02 Å². The molecular weight excluding hydrogens is 382 g/mol. The van der Waals surface area contributed by atoms with Gasteiger partial charge in [0.2, 0.25) is 5.91 Å². The Morgan fingerprint density at radius 2 is 1.82 bits per heavy atom. The number of carbonyl (C=O) groups is 3. The van der Waals surface area contributed by atoms with Crippen LogP contribution in [0.5, 0.6) is 0 Å². The zero-order valence-corrected chi connectivity index (χ0v) is 16.6. The molecule has 28 heavy (non-hydrogen) atoms. The number of benzene rings is 2. The third-order valence-electron chi connectivity index (χ3n) is 3.96. The molecule has 148 valence electrons. The van der Waals surface area contributed by atoms with Crippen LogP contribution in [0.15, 0.2) is 42.5 Å². The predicted molar refractivity (Wildman–Crippen MR) is 108 cm³/mol. The number of carbonyl (C=O) groups excluding carboxylic acids is 3. The minimum atomic E-state index is -1.07. The van der Waals surface area contributed by atoms with Crippen LogP contribution in [-0.2, 0) is 14.3 Å². The lowest BCUT2D eigenvalue weighted by molar-refractivity contribution is -0.140. The van der Waals surface area contributed by atoms with Crippen LogP contribution >= 0.6 is 11.6 Å². The van der Waals surface area contributed by atoms with Crippen molar-refractivity contribution in [2.24, 2.45) is 0 Å². The number of aryl methyl sites for hydroxylation is 1. The number of nitrogen functional groups attached to an aromatic ring is 1. The predicted octanol–water partition coefficient (Wildman–Crippen LogP) is 2.87. The van der Waals surface area contributed by atoms with Gasteiger partial charge in [0, 0.05) is 12.7 Å². The van der Waals surface area contributed by atoms with Crippen molar-refractivity contribution in [3.05, 3.63) is 58.6 Å². The molecule has 0 saturated heterocycles. The van der Waals surface area contributed by atoms with Crippen molar-refractivity contribution in [1.29, 1.82) is 0 Å². The van der Waals surface area contributed by atoms with Crippen LogP contribution in [-0.4, -0.2) is 42.4 Å². The molecule has 0 aliphatic rings. The smallest absolute Gasteiger partial charge is 0.338 e. The molecular formula is C20H22ClN3O4. The summed E-state index contributed by atoms with van der Waals surface area (Å²) in [6.07, 6.45) is -1.07. The van der Waals surface area contributed by atoms with Gasteiger partial charge in [-0.25, -0.2) is 4.79 Å². The minimum absolute atomic E-state index is 0.178. The van der Waals surface area contributed by atoms with Gasteiger partial charge in [0.15, 0.2) is 6.10 Å². The first kappa shape index (κ1) is 21.2. The summed E-state index contributed by atoms with van der Waals surface area (Å²) < 4.78 is 5.17. The molecule has 1 atom stereocenters. The topological polar surface area (TPSA) is 102 Å². The lowest BCUT2D eigenvalue weighted by Gasteiger charge is -2.21. The number of hydrogen-bond acceptors (Lipinski definition) is 5. The minimum Gasteiger partial charge on any atom is -0.449 e. The summed E-state index contributed by atoms with van der Waals surface area (Å²) in [7, 11) is 1.46. The van der Waals surface area contributed by atoms with Crippen molar-refractivity contribution in [3.63, 3.8) is 0 Å². The Balaban J connectivity index is 1.90. The molecule has 0 spiro atoms. The van der Waals surface area contributed by atoms with Gasteiger partial charge >= 0.3 is 5.97 Å². The van der Waals surface area contributed by atoms with Gasteiger partial charge in [-0.2, -0.15) is 0 Å². The summed E-state index contributed by atoms with van der Waals surface area (Å²) in [5, 5.41) is 3.02. The number of amides is 2. The van der Waals surface area contributed by atoms with E-state index >= 15 is 0 Å². The molecule has 2 aromatic carbocycles. The summed E-state index contributed by atoms with van der Waals surface area (Å²) in [5.41, 5.74) is 7.79. The summed E-state index contributed by atoms with van der Waals surface area (Å²) in [5.74, 6) is -1.57. The molecule has 8 heteroatoms. The van der Waals surface area contributed by atoms with Gasteiger partial charge in [-0.3, -0.25) is 9.59 Å². The number of rotatable bonds is 6. The second-order valence-electron chi connectivity index (χ2n) is 6.39. The fraction of sp³-hybridized carbons (Fsp3) is 0.250. The highest BCUT2D eigenvalue weighted by Gasteiger charge is 2.24. The molecule has 0 aliphatic heterocycles. The third kappa shape index (κ3) is 5.72. The fourth-order valence-corrected chi connectivity index (χ4v) is 2.51. The van der Waals surface area contributed by atoms with Crippen molar-refractivity contribution in [2.45, 2.75) is 20.0 Å². The Labute approximate surface area is 168 Å². The number of ether oxygens (including phenoxy) is 1. The Morgan fingerprint density at radius 3 is 2.43 bits per heavy atom. The molecule has 0 bridgehead atoms. The monoisotopic (exact) mass is 403 g/mol. The van der Waals surface area contributed by atoms with Crippen LogP contribution in [0.3, 0.4) is 0 Å². The number of halogens is 1. The van der Waals surface area contributed by atoms with E-state index in [4.69, 9.17) is 22.1 Å². The molecule has 0 radical (unpaired) electrons. The van der Waals surface area contributed by atoms with E-state index in [9.17, 15) is 14.4 Å². The van der Waals surface area contributed by atoms with E-state index < -0.39 is 18.0 Å². The lowest BCUT2D eigenvalue weighted by atomic mass is 10.2. The molecule has 0 heterocycles. The maximum Gasteiger partial charge on any atom is 0.338 e. The van der Waals surface area contributed by atoms with Crippen LogP contribution in [0.1, 0.15) is 22.8 Å². The Hall–Kier alpha value is -3.06. The lowest BCUT2D eigenvalue weighted by Crippen LogP contribution is -2.41. The standard InChI is InChI=1S/C20H22ClN3O4/c1-12-4-7-15(8-5-12)23-18(25)11-24(3)19(26)13(2)28-20(27)14-6-9-16(21)17(22)10-14/h4-10,13H,11,22H2,1-3H3,(H,23,25)/t13-/m0/s1. The van der Waals surface area contributed by atoms with E-state index in [1.165, 1.54) is 37.1 Å². The van der Waals surface area contributed by atoms with E-state index in [1.807, 2.05) is 19.1 Å². The van der Waals surface area contributed by atoms with Crippen LogP contribution in [0.4, 0.5) is 11.4 Å². The van der Waals surface area contributed by atoms with E-state index in [2.05, 4.69) is 5.32 Å². The van der Waals surface area contributed by atoms with Gasteiger partial charge < -0.3 is 20.7 Å². The van der Waals surface area contributed by atoms with Gasteiger partial charge in [0.1, 0.15) is 0 Å². The largest absolute Gasteiger partial charge is 0.449 e. The van der Waals surface area contributed by atoms with Crippen molar-refractivity contribution in [3.8, 4) is 0 Å². The van der Waals surface area contributed by atoms with Gasteiger partial charge in [0.05, 0.1) is 22.8 Å². The van der Waals surface area contributed by atoms with Crippen molar-refractivity contribution >= 4 is 40.8 Å². The number of nitrogens with two attached hydrogens (primary N) is 1. The molecule has 0 unspecified atom stereocenters. The van der Waals surface area contributed by atoms with Crippen molar-refractivity contribution in [2.75, 3.05) is 24.6 Å². The highest BCUT2D eigenvalue weighted by atomic mass is 35.5. The zero-order valence-electron chi connectivity index (χ0n) is 15.9. The quantitative estimate of drug-likeness (QED) is 0.570. The second-order valence-corrected chi connectivity index (χ2v) is 6.80. The molecule has 0 aromatic heterocycles. The first-order valence-electron chi connectivity index (χ1n) is 8.55. The zero-order chi connectivity index (χ0) is 20.8. The molecule has 3 N–H and O–H groups in total. The average Bonchev–Trinajstić information content (AvgIpc) is 2.64. The van der Waals surface area contributed by atoms with Gasteiger partial charge in [-0.1, -0.05) is 29.3 Å². The summed E-state index contributed by atoms with van der Waals surface area (Å²) in [6.45, 7) is 3.20. The molecule has 2 aromatic rings. The molecule has 0 aliphatic carbocycles. The van der Waals surface area contributed by atoms with Crippen LogP contribution in [0.25, 0.3) is 0 Å². The molecule has 0 fully saturated rings. The number of nitrogens with one attached hydrogen (secondary N) is 1. The number of nitrogens with zero attached hydrogens (tertiary/aromatic N) is 1. The molecule has 7 nitrogen and oxygen atoms in total. The van der Waals surface area contributed by atoms with Gasteiger partial charge in [-0.15, -0.1) is 0 Å². The number of esters is 1. The van der Waals surface area contributed by atoms with Crippen LogP contribution < -0.4 is 11.1 Å². The van der Waals surface area contributed by atoms with E-state index in [-0.39, 0.29) is 23.7 Å². The Bertz CT molecular complexity index is 884. The fourth-order valence-electron chi connectivity index (χ4n) is 2.39. The summed E-state index contributed by atoms with van der Waals surface area (Å²) in [4.78, 5) is 37.9. The van der Waals surface area contributed by atoms with Crippen molar-refractivity contribution in [1.82, 2.24) is 4.90 Å². The van der Waals surface area contributed by atoms with Crippen LogP contribution in [0, 0.1) is 6.92 Å². The first-order valence-corrected chi connectivity index (χ1v) is 8.92.